The monoisotopic (exact) mass is 348 g/mol. The minimum Gasteiger partial charge on any atom is -0.348 e. The number of rotatable bonds is 3. The van der Waals surface area contributed by atoms with E-state index >= 15 is 0 Å². The van der Waals surface area contributed by atoms with E-state index in [2.05, 4.69) is 5.32 Å². The molecule has 1 aliphatic rings. The van der Waals surface area contributed by atoms with Gasteiger partial charge in [-0.2, -0.15) is 0 Å². The number of nitrogens with one attached hydrogen (secondary N) is 1. The van der Waals surface area contributed by atoms with Gasteiger partial charge in [-0.1, -0.05) is 12.1 Å². The van der Waals surface area contributed by atoms with Crippen molar-refractivity contribution in [1.82, 2.24) is 5.32 Å². The van der Waals surface area contributed by atoms with Crippen molar-refractivity contribution < 1.29 is 22.8 Å². The number of anilines is 1. The van der Waals surface area contributed by atoms with E-state index in [0.717, 1.165) is 22.9 Å². The second-order valence-electron chi connectivity index (χ2n) is 5.82. The van der Waals surface area contributed by atoms with Crippen LogP contribution in [0, 0.1) is 17.5 Å². The van der Waals surface area contributed by atoms with Crippen LogP contribution in [0.1, 0.15) is 27.9 Å². The van der Waals surface area contributed by atoms with E-state index in [1.54, 1.807) is 24.1 Å². The molecule has 4 nitrogen and oxygen atoms in total. The Labute approximate surface area is 142 Å². The number of hydrogen-bond donors (Lipinski definition) is 1. The van der Waals surface area contributed by atoms with Crippen molar-refractivity contribution in [3.05, 3.63) is 64.5 Å². The topological polar surface area (TPSA) is 49.4 Å². The SMILES string of the molecule is CN1C(=O)CCc2cc(CNC(=O)c3ccc(F)c(F)c3F)ccc21. The number of benzene rings is 2. The fourth-order valence-electron chi connectivity index (χ4n) is 2.80. The van der Waals surface area contributed by atoms with E-state index < -0.39 is 28.9 Å². The van der Waals surface area contributed by atoms with Gasteiger partial charge in [-0.3, -0.25) is 9.59 Å². The van der Waals surface area contributed by atoms with E-state index in [1.165, 1.54) is 0 Å². The van der Waals surface area contributed by atoms with Gasteiger partial charge in [0.2, 0.25) is 5.91 Å². The molecule has 0 bridgehead atoms. The highest BCUT2D eigenvalue weighted by Crippen LogP contribution is 2.27. The lowest BCUT2D eigenvalue weighted by molar-refractivity contribution is -0.118. The first kappa shape index (κ1) is 17.0. The quantitative estimate of drug-likeness (QED) is 0.867. The number of carbonyl (C=O) groups is 2. The van der Waals surface area contributed by atoms with E-state index in [1.807, 2.05) is 6.07 Å². The van der Waals surface area contributed by atoms with Crippen LogP contribution in [0.5, 0.6) is 0 Å². The zero-order chi connectivity index (χ0) is 18.1. The largest absolute Gasteiger partial charge is 0.348 e. The second-order valence-corrected chi connectivity index (χ2v) is 5.82. The maximum Gasteiger partial charge on any atom is 0.254 e. The molecule has 2 amide bonds. The van der Waals surface area contributed by atoms with Gasteiger partial charge < -0.3 is 10.2 Å². The summed E-state index contributed by atoms with van der Waals surface area (Å²) in [6, 6.07) is 7.00. The summed E-state index contributed by atoms with van der Waals surface area (Å²) in [4.78, 5) is 25.2. The van der Waals surface area contributed by atoms with Crippen molar-refractivity contribution >= 4 is 17.5 Å². The summed E-state index contributed by atoms with van der Waals surface area (Å²) in [6.45, 7) is 0.0994. The molecule has 0 saturated heterocycles. The molecule has 1 aliphatic heterocycles. The van der Waals surface area contributed by atoms with Crippen molar-refractivity contribution in [2.75, 3.05) is 11.9 Å². The van der Waals surface area contributed by atoms with Crippen LogP contribution in [0.25, 0.3) is 0 Å². The standard InChI is InChI=1S/C18H15F3N2O2/c1-23-14-6-2-10(8-11(14)3-7-15(23)24)9-22-18(25)12-4-5-13(19)17(21)16(12)20/h2,4-6,8H,3,7,9H2,1H3,(H,22,25). The van der Waals surface area contributed by atoms with Crippen molar-refractivity contribution in [3.63, 3.8) is 0 Å². The van der Waals surface area contributed by atoms with E-state index in [9.17, 15) is 22.8 Å². The first-order valence-corrected chi connectivity index (χ1v) is 7.68. The van der Waals surface area contributed by atoms with Gasteiger partial charge in [-0.15, -0.1) is 0 Å². The fourth-order valence-corrected chi connectivity index (χ4v) is 2.80. The molecule has 0 unspecified atom stereocenters. The molecule has 1 N–H and O–H groups in total. The molecule has 3 rings (SSSR count). The molecule has 0 atom stereocenters. The number of hydrogen-bond acceptors (Lipinski definition) is 2. The predicted octanol–water partition coefficient (Wildman–Crippen LogP) is 2.94. The van der Waals surface area contributed by atoms with Crippen LogP contribution in [0.3, 0.4) is 0 Å². The summed E-state index contributed by atoms with van der Waals surface area (Å²) in [5.74, 6) is -5.32. The molecule has 2 aromatic rings. The maximum absolute atomic E-state index is 13.6. The van der Waals surface area contributed by atoms with Gasteiger partial charge in [0.1, 0.15) is 0 Å². The fraction of sp³-hybridized carbons (Fsp3) is 0.222. The van der Waals surface area contributed by atoms with Crippen molar-refractivity contribution in [2.24, 2.45) is 0 Å². The lowest BCUT2D eigenvalue weighted by Gasteiger charge is -2.26. The molecule has 0 spiro atoms. The predicted molar refractivity (Wildman–Crippen MR) is 85.7 cm³/mol. The number of halogens is 3. The smallest absolute Gasteiger partial charge is 0.254 e. The zero-order valence-electron chi connectivity index (χ0n) is 13.4. The van der Waals surface area contributed by atoms with E-state index in [4.69, 9.17) is 0 Å². The minimum atomic E-state index is -1.67. The van der Waals surface area contributed by atoms with Gasteiger partial charge in [0.25, 0.3) is 5.91 Å². The Balaban J connectivity index is 1.73. The number of carbonyl (C=O) groups excluding carboxylic acids is 2. The minimum absolute atomic E-state index is 0.0439. The lowest BCUT2D eigenvalue weighted by Crippen LogP contribution is -2.31. The highest BCUT2D eigenvalue weighted by molar-refractivity contribution is 5.96. The summed E-state index contributed by atoms with van der Waals surface area (Å²) in [6.07, 6.45) is 1.03. The Hall–Kier alpha value is -2.83. The number of aryl methyl sites for hydroxylation is 1. The van der Waals surface area contributed by atoms with Crippen LogP contribution in [0.4, 0.5) is 18.9 Å². The number of nitrogens with zero attached hydrogens (tertiary/aromatic N) is 1. The maximum atomic E-state index is 13.6. The Morgan fingerprint density at radius 3 is 2.64 bits per heavy atom. The third kappa shape index (κ3) is 3.22. The van der Waals surface area contributed by atoms with Gasteiger partial charge in [-0.05, 0) is 35.7 Å². The van der Waals surface area contributed by atoms with Gasteiger partial charge in [0.15, 0.2) is 17.5 Å². The third-order valence-corrected chi connectivity index (χ3v) is 4.22. The molecule has 0 saturated carbocycles. The Morgan fingerprint density at radius 1 is 1.12 bits per heavy atom. The van der Waals surface area contributed by atoms with Crippen LogP contribution < -0.4 is 10.2 Å². The molecule has 25 heavy (non-hydrogen) atoms. The van der Waals surface area contributed by atoms with E-state index in [-0.39, 0.29) is 12.5 Å². The summed E-state index contributed by atoms with van der Waals surface area (Å²) in [7, 11) is 1.70. The highest BCUT2D eigenvalue weighted by atomic mass is 19.2. The lowest BCUT2D eigenvalue weighted by atomic mass is 9.99. The van der Waals surface area contributed by atoms with Gasteiger partial charge >= 0.3 is 0 Å². The van der Waals surface area contributed by atoms with Crippen molar-refractivity contribution in [1.29, 1.82) is 0 Å². The molecule has 0 fully saturated rings. The summed E-state index contributed by atoms with van der Waals surface area (Å²) in [5, 5.41) is 2.48. The molecular weight excluding hydrogens is 333 g/mol. The van der Waals surface area contributed by atoms with Crippen LogP contribution in [-0.4, -0.2) is 18.9 Å². The van der Waals surface area contributed by atoms with Gasteiger partial charge in [0.05, 0.1) is 5.56 Å². The van der Waals surface area contributed by atoms with Gasteiger partial charge in [-0.25, -0.2) is 13.2 Å². The molecule has 7 heteroatoms. The van der Waals surface area contributed by atoms with Crippen LogP contribution in [-0.2, 0) is 17.8 Å². The number of amides is 2. The molecule has 2 aromatic carbocycles. The first-order chi connectivity index (χ1) is 11.9. The average Bonchev–Trinajstić information content (AvgIpc) is 2.61. The number of fused-ring (bicyclic) bond motifs is 1. The van der Waals surface area contributed by atoms with Crippen LogP contribution >= 0.6 is 0 Å². The summed E-state index contributed by atoms with van der Waals surface area (Å²) < 4.78 is 39.8. The average molecular weight is 348 g/mol. The van der Waals surface area contributed by atoms with Crippen molar-refractivity contribution in [3.8, 4) is 0 Å². The molecule has 0 aromatic heterocycles. The second kappa shape index (κ2) is 6.58. The Bertz CT molecular complexity index is 868. The van der Waals surface area contributed by atoms with Crippen LogP contribution in [0.15, 0.2) is 30.3 Å². The molecule has 0 radical (unpaired) electrons. The van der Waals surface area contributed by atoms with Crippen molar-refractivity contribution in [2.45, 2.75) is 19.4 Å². The summed E-state index contributed by atoms with van der Waals surface area (Å²) in [5.41, 5.74) is 2.01. The van der Waals surface area contributed by atoms with E-state index in [0.29, 0.717) is 18.9 Å². The normalized spacial score (nSPS) is 13.6. The van der Waals surface area contributed by atoms with Crippen LogP contribution in [0.2, 0.25) is 0 Å². The highest BCUT2D eigenvalue weighted by Gasteiger charge is 2.21. The molecule has 0 aliphatic carbocycles. The Morgan fingerprint density at radius 2 is 1.88 bits per heavy atom. The summed E-state index contributed by atoms with van der Waals surface area (Å²) >= 11 is 0. The zero-order valence-corrected chi connectivity index (χ0v) is 13.4. The molecule has 1 heterocycles. The Kier molecular flexibility index (Phi) is 4.48. The molecule has 130 valence electrons. The first-order valence-electron chi connectivity index (χ1n) is 7.68. The van der Waals surface area contributed by atoms with Gasteiger partial charge in [0, 0.05) is 25.7 Å². The third-order valence-electron chi connectivity index (χ3n) is 4.22. The molecular formula is C18H15F3N2O2.